The van der Waals surface area contributed by atoms with Crippen molar-refractivity contribution in [2.45, 2.75) is 50.5 Å². The number of carbonyl (C=O) groups is 1. The summed E-state index contributed by atoms with van der Waals surface area (Å²) in [5.41, 5.74) is -0.837. The van der Waals surface area contributed by atoms with E-state index in [0.29, 0.717) is 12.8 Å². The standard InChI is InChI=1S/C9H16NO4/c11-8(12)4-7-9(10(13)14)5-2-1-3-6-9/h13H,1-7H2,(H,11,12)/q-1. The highest BCUT2D eigenvalue weighted by Gasteiger charge is 2.33. The smallest absolute Gasteiger partial charge is 0.303 e. The summed E-state index contributed by atoms with van der Waals surface area (Å²) in [6.07, 6.45) is 4.21. The molecule has 1 fully saturated rings. The molecule has 0 amide bonds. The topological polar surface area (TPSA) is 83.8 Å². The van der Waals surface area contributed by atoms with E-state index in [1.165, 1.54) is 0 Å². The molecule has 1 aliphatic rings. The van der Waals surface area contributed by atoms with E-state index < -0.39 is 11.5 Å². The third-order valence-electron chi connectivity index (χ3n) is 2.99. The predicted molar refractivity (Wildman–Crippen MR) is 49.7 cm³/mol. The van der Waals surface area contributed by atoms with Gasteiger partial charge in [0.05, 0.1) is 0 Å². The Morgan fingerprint density at radius 3 is 2.36 bits per heavy atom. The molecular formula is C9H16NO4-. The number of carboxylic acids is 1. The van der Waals surface area contributed by atoms with Gasteiger partial charge in [0.2, 0.25) is 0 Å². The van der Waals surface area contributed by atoms with E-state index in [1.54, 1.807) is 0 Å². The normalized spacial score (nSPS) is 21.1. The first-order valence-corrected chi connectivity index (χ1v) is 4.95. The van der Waals surface area contributed by atoms with Gasteiger partial charge in [0.25, 0.3) is 0 Å². The van der Waals surface area contributed by atoms with Crippen LogP contribution in [0.4, 0.5) is 0 Å². The van der Waals surface area contributed by atoms with E-state index in [0.717, 1.165) is 19.3 Å². The van der Waals surface area contributed by atoms with Gasteiger partial charge in [-0.15, -0.1) is 0 Å². The Hall–Kier alpha value is -0.650. The number of rotatable bonds is 4. The Kier molecular flexibility index (Phi) is 3.86. The zero-order valence-corrected chi connectivity index (χ0v) is 8.11. The largest absolute Gasteiger partial charge is 0.762 e. The van der Waals surface area contributed by atoms with Crippen LogP contribution in [-0.2, 0) is 4.79 Å². The molecule has 1 rings (SSSR count). The van der Waals surface area contributed by atoms with Crippen LogP contribution in [0.2, 0.25) is 0 Å². The Labute approximate surface area is 82.9 Å². The van der Waals surface area contributed by atoms with Crippen LogP contribution in [0.3, 0.4) is 0 Å². The first kappa shape index (κ1) is 11.4. The molecule has 2 N–H and O–H groups in total. The highest BCUT2D eigenvalue weighted by molar-refractivity contribution is 5.66. The Morgan fingerprint density at radius 2 is 1.93 bits per heavy atom. The molecule has 0 unspecified atom stereocenters. The average Bonchev–Trinajstić information content (AvgIpc) is 2.16. The Bertz CT molecular complexity index is 199. The van der Waals surface area contributed by atoms with Gasteiger partial charge in [-0.05, 0) is 19.3 Å². The van der Waals surface area contributed by atoms with Crippen molar-refractivity contribution in [2.24, 2.45) is 0 Å². The predicted octanol–water partition coefficient (Wildman–Crippen LogP) is 1.74. The highest BCUT2D eigenvalue weighted by Crippen LogP contribution is 2.35. The van der Waals surface area contributed by atoms with Crippen molar-refractivity contribution in [1.82, 2.24) is 5.23 Å². The van der Waals surface area contributed by atoms with Crippen LogP contribution in [0, 0.1) is 5.21 Å². The number of nitrogens with zero attached hydrogens (tertiary/aromatic N) is 1. The molecule has 0 bridgehead atoms. The second kappa shape index (κ2) is 4.72. The van der Waals surface area contributed by atoms with Crippen molar-refractivity contribution in [3.8, 4) is 0 Å². The zero-order valence-electron chi connectivity index (χ0n) is 8.11. The van der Waals surface area contributed by atoms with Crippen molar-refractivity contribution in [1.29, 1.82) is 0 Å². The molecule has 1 aliphatic carbocycles. The van der Waals surface area contributed by atoms with Gasteiger partial charge in [0.15, 0.2) is 0 Å². The van der Waals surface area contributed by atoms with Crippen LogP contribution in [0.5, 0.6) is 0 Å². The summed E-state index contributed by atoms with van der Waals surface area (Å²) in [4.78, 5) is 10.4. The van der Waals surface area contributed by atoms with E-state index >= 15 is 0 Å². The molecule has 0 atom stereocenters. The van der Waals surface area contributed by atoms with Crippen molar-refractivity contribution in [3.63, 3.8) is 0 Å². The second-order valence-electron chi connectivity index (χ2n) is 3.95. The van der Waals surface area contributed by atoms with Crippen LogP contribution in [-0.4, -0.2) is 27.0 Å². The molecule has 0 aromatic heterocycles. The van der Waals surface area contributed by atoms with Crippen molar-refractivity contribution in [3.05, 3.63) is 5.21 Å². The zero-order chi connectivity index (χ0) is 10.6. The van der Waals surface area contributed by atoms with E-state index in [9.17, 15) is 10.0 Å². The molecule has 0 radical (unpaired) electrons. The summed E-state index contributed by atoms with van der Waals surface area (Å²) in [5, 5.41) is 28.6. The lowest BCUT2D eigenvalue weighted by Crippen LogP contribution is -2.45. The van der Waals surface area contributed by atoms with E-state index in [-0.39, 0.29) is 18.1 Å². The summed E-state index contributed by atoms with van der Waals surface area (Å²) >= 11 is 0. The lowest BCUT2D eigenvalue weighted by molar-refractivity contribution is -0.154. The summed E-state index contributed by atoms with van der Waals surface area (Å²) in [6.45, 7) is 0. The fraction of sp³-hybridized carbons (Fsp3) is 0.889. The highest BCUT2D eigenvalue weighted by atomic mass is 16.8. The average molecular weight is 202 g/mol. The van der Waals surface area contributed by atoms with Crippen molar-refractivity contribution >= 4 is 5.97 Å². The number of hydrogen-bond donors (Lipinski definition) is 2. The monoisotopic (exact) mass is 202 g/mol. The fourth-order valence-corrected chi connectivity index (χ4v) is 2.09. The van der Waals surface area contributed by atoms with Crippen LogP contribution >= 0.6 is 0 Å². The Morgan fingerprint density at radius 1 is 1.36 bits per heavy atom. The molecule has 14 heavy (non-hydrogen) atoms. The van der Waals surface area contributed by atoms with E-state index in [1.807, 2.05) is 0 Å². The van der Waals surface area contributed by atoms with Gasteiger partial charge in [-0.25, -0.2) is 0 Å². The molecule has 5 nitrogen and oxygen atoms in total. The Balaban J connectivity index is 2.56. The molecule has 1 saturated carbocycles. The lowest BCUT2D eigenvalue weighted by atomic mass is 9.79. The minimum Gasteiger partial charge on any atom is -0.762 e. The molecule has 0 aliphatic heterocycles. The van der Waals surface area contributed by atoms with Crippen LogP contribution in [0.25, 0.3) is 0 Å². The van der Waals surface area contributed by atoms with Crippen LogP contribution < -0.4 is 0 Å². The minimum atomic E-state index is -0.920. The number of hydrogen-bond acceptors (Lipinski definition) is 4. The third-order valence-corrected chi connectivity index (χ3v) is 2.99. The number of hydroxylamine groups is 2. The van der Waals surface area contributed by atoms with Gasteiger partial charge < -0.3 is 15.5 Å². The molecule has 0 heterocycles. The van der Waals surface area contributed by atoms with Gasteiger partial charge in [-0.3, -0.25) is 10.0 Å². The van der Waals surface area contributed by atoms with Gasteiger partial charge in [0.1, 0.15) is 0 Å². The summed E-state index contributed by atoms with van der Waals surface area (Å²) in [5.74, 6) is -0.920. The van der Waals surface area contributed by atoms with Gasteiger partial charge in [-0.2, -0.15) is 0 Å². The van der Waals surface area contributed by atoms with Crippen LogP contribution in [0.1, 0.15) is 44.9 Å². The first-order chi connectivity index (χ1) is 6.57. The molecule has 0 saturated heterocycles. The summed E-state index contributed by atoms with van der Waals surface area (Å²) < 4.78 is 0. The maximum absolute atomic E-state index is 11.0. The molecule has 0 spiro atoms. The third kappa shape index (κ3) is 2.67. The van der Waals surface area contributed by atoms with E-state index in [4.69, 9.17) is 10.3 Å². The lowest BCUT2D eigenvalue weighted by Gasteiger charge is -2.46. The first-order valence-electron chi connectivity index (χ1n) is 4.95. The summed E-state index contributed by atoms with van der Waals surface area (Å²) in [6, 6.07) is 0. The van der Waals surface area contributed by atoms with Crippen molar-refractivity contribution in [2.75, 3.05) is 0 Å². The number of aliphatic carboxylic acids is 1. The van der Waals surface area contributed by atoms with Crippen LogP contribution in [0.15, 0.2) is 0 Å². The number of carboxylic acid groups (broad SMARTS) is 1. The van der Waals surface area contributed by atoms with Crippen molar-refractivity contribution < 1.29 is 15.1 Å². The SMILES string of the molecule is O=C(O)CCC1(N([O-])O)CCCCC1. The van der Waals surface area contributed by atoms with Gasteiger partial charge >= 0.3 is 5.97 Å². The van der Waals surface area contributed by atoms with Gasteiger partial charge in [-0.1, -0.05) is 19.3 Å². The minimum absolute atomic E-state index is 0.0188. The van der Waals surface area contributed by atoms with E-state index in [2.05, 4.69) is 0 Å². The molecule has 82 valence electrons. The fourth-order valence-electron chi connectivity index (χ4n) is 2.09. The quantitative estimate of drug-likeness (QED) is 0.678. The molecular weight excluding hydrogens is 186 g/mol. The molecule has 5 heteroatoms. The summed E-state index contributed by atoms with van der Waals surface area (Å²) in [7, 11) is 0. The van der Waals surface area contributed by atoms with Gasteiger partial charge in [0, 0.05) is 12.0 Å². The second-order valence-corrected chi connectivity index (χ2v) is 3.95. The molecule has 0 aromatic rings. The maximum atomic E-state index is 11.0. The maximum Gasteiger partial charge on any atom is 0.303 e. The molecule has 0 aromatic carbocycles.